The Hall–Kier alpha value is -0.830. The normalized spacial score (nSPS) is 20.4. The van der Waals surface area contributed by atoms with Crippen LogP contribution in [0.4, 0.5) is 0 Å². The van der Waals surface area contributed by atoms with E-state index >= 15 is 0 Å². The fourth-order valence-corrected chi connectivity index (χ4v) is 3.70. The lowest BCUT2D eigenvalue weighted by atomic mass is 9.80. The molecular weight excluding hydrogens is 234 g/mol. The van der Waals surface area contributed by atoms with Gasteiger partial charge >= 0.3 is 0 Å². The number of aryl methyl sites for hydroxylation is 1. The van der Waals surface area contributed by atoms with Crippen molar-refractivity contribution in [2.24, 2.45) is 12.5 Å². The SMILES string of the molecule is Cn1ncc2c1CCCC2NC(C)(C)CC(C)(C)C. The molecule has 1 aliphatic rings. The van der Waals surface area contributed by atoms with Crippen LogP contribution in [-0.2, 0) is 13.5 Å². The smallest absolute Gasteiger partial charge is 0.0540 e. The van der Waals surface area contributed by atoms with Crippen molar-refractivity contribution in [3.63, 3.8) is 0 Å². The summed E-state index contributed by atoms with van der Waals surface area (Å²) < 4.78 is 2.04. The van der Waals surface area contributed by atoms with Crippen LogP contribution in [-0.4, -0.2) is 15.3 Å². The zero-order valence-electron chi connectivity index (χ0n) is 13.4. The number of fused-ring (bicyclic) bond motifs is 1. The average molecular weight is 263 g/mol. The highest BCUT2D eigenvalue weighted by molar-refractivity contribution is 5.25. The van der Waals surface area contributed by atoms with E-state index in [2.05, 4.69) is 58.3 Å². The standard InChI is InChI=1S/C16H29N3/c1-15(2,3)11-16(4,5)18-13-8-7-9-14-12(13)10-17-19(14)6/h10,13,18H,7-9,11H2,1-6H3. The van der Waals surface area contributed by atoms with E-state index in [9.17, 15) is 0 Å². The molecule has 3 nitrogen and oxygen atoms in total. The van der Waals surface area contributed by atoms with Crippen LogP contribution in [0, 0.1) is 5.41 Å². The Bertz CT molecular complexity index is 437. The molecule has 1 aromatic rings. The number of nitrogens with zero attached hydrogens (tertiary/aromatic N) is 2. The third-order valence-electron chi connectivity index (χ3n) is 3.91. The van der Waals surface area contributed by atoms with Crippen molar-refractivity contribution in [2.75, 3.05) is 0 Å². The summed E-state index contributed by atoms with van der Waals surface area (Å²) in [5.74, 6) is 0. The van der Waals surface area contributed by atoms with Crippen molar-refractivity contribution in [2.45, 2.75) is 71.9 Å². The van der Waals surface area contributed by atoms with Crippen molar-refractivity contribution < 1.29 is 0 Å². The van der Waals surface area contributed by atoms with Gasteiger partial charge in [-0.2, -0.15) is 5.10 Å². The van der Waals surface area contributed by atoms with Crippen LogP contribution in [0.1, 0.15) is 71.2 Å². The first-order chi connectivity index (χ1) is 8.68. The third-order valence-corrected chi connectivity index (χ3v) is 3.91. The molecule has 1 aliphatic carbocycles. The number of aromatic nitrogens is 2. The summed E-state index contributed by atoms with van der Waals surface area (Å²) in [6, 6.07) is 0.467. The van der Waals surface area contributed by atoms with Crippen LogP contribution >= 0.6 is 0 Å². The molecule has 1 unspecified atom stereocenters. The van der Waals surface area contributed by atoms with Crippen LogP contribution in [0.2, 0.25) is 0 Å². The van der Waals surface area contributed by atoms with Gasteiger partial charge in [-0.15, -0.1) is 0 Å². The van der Waals surface area contributed by atoms with Crippen molar-refractivity contribution in [3.05, 3.63) is 17.5 Å². The molecule has 2 rings (SSSR count). The summed E-state index contributed by atoms with van der Waals surface area (Å²) >= 11 is 0. The topological polar surface area (TPSA) is 29.9 Å². The molecule has 0 radical (unpaired) electrons. The lowest BCUT2D eigenvalue weighted by molar-refractivity contribution is 0.215. The highest BCUT2D eigenvalue weighted by atomic mass is 15.3. The minimum atomic E-state index is 0.160. The average Bonchev–Trinajstić information content (AvgIpc) is 2.57. The number of hydrogen-bond donors (Lipinski definition) is 1. The highest BCUT2D eigenvalue weighted by Gasteiger charge is 2.31. The minimum Gasteiger partial charge on any atom is -0.305 e. The van der Waals surface area contributed by atoms with Crippen molar-refractivity contribution >= 4 is 0 Å². The van der Waals surface area contributed by atoms with Gasteiger partial charge in [-0.05, 0) is 44.9 Å². The van der Waals surface area contributed by atoms with E-state index < -0.39 is 0 Å². The predicted octanol–water partition coefficient (Wildman–Crippen LogP) is 3.60. The summed E-state index contributed by atoms with van der Waals surface area (Å²) in [5, 5.41) is 8.30. The molecule has 108 valence electrons. The second-order valence-electron chi connectivity index (χ2n) is 7.88. The molecule has 0 saturated carbocycles. The Morgan fingerprint density at radius 1 is 1.32 bits per heavy atom. The first-order valence-electron chi connectivity index (χ1n) is 7.46. The molecule has 1 heterocycles. The van der Waals surface area contributed by atoms with Crippen molar-refractivity contribution in [3.8, 4) is 0 Å². The Kier molecular flexibility index (Phi) is 3.78. The number of rotatable bonds is 3. The molecule has 0 aromatic carbocycles. The summed E-state index contributed by atoms with van der Waals surface area (Å²) in [4.78, 5) is 0. The van der Waals surface area contributed by atoms with Crippen LogP contribution in [0.15, 0.2) is 6.20 Å². The molecule has 0 aliphatic heterocycles. The van der Waals surface area contributed by atoms with Gasteiger partial charge < -0.3 is 5.32 Å². The lowest BCUT2D eigenvalue weighted by Gasteiger charge is -2.38. The van der Waals surface area contributed by atoms with Gasteiger partial charge in [-0.25, -0.2) is 0 Å². The van der Waals surface area contributed by atoms with E-state index in [-0.39, 0.29) is 5.54 Å². The molecule has 0 bridgehead atoms. The third kappa shape index (κ3) is 3.59. The summed E-state index contributed by atoms with van der Waals surface area (Å²) in [5.41, 5.74) is 3.34. The van der Waals surface area contributed by atoms with Crippen LogP contribution in [0.25, 0.3) is 0 Å². The van der Waals surface area contributed by atoms with Gasteiger partial charge in [0.15, 0.2) is 0 Å². The number of hydrogen-bond acceptors (Lipinski definition) is 2. The van der Waals surface area contributed by atoms with Gasteiger partial charge in [0, 0.05) is 29.9 Å². The molecule has 0 fully saturated rings. The molecule has 1 N–H and O–H groups in total. The Balaban J connectivity index is 2.12. The lowest BCUT2D eigenvalue weighted by Crippen LogP contribution is -2.45. The van der Waals surface area contributed by atoms with Gasteiger partial charge in [0.25, 0.3) is 0 Å². The van der Waals surface area contributed by atoms with E-state index in [1.54, 1.807) is 0 Å². The van der Waals surface area contributed by atoms with Gasteiger partial charge in [-0.1, -0.05) is 20.8 Å². The highest BCUT2D eigenvalue weighted by Crippen LogP contribution is 2.34. The zero-order valence-corrected chi connectivity index (χ0v) is 13.4. The fraction of sp³-hybridized carbons (Fsp3) is 0.812. The van der Waals surface area contributed by atoms with Crippen molar-refractivity contribution in [1.82, 2.24) is 15.1 Å². The van der Waals surface area contributed by atoms with E-state index in [4.69, 9.17) is 0 Å². The monoisotopic (exact) mass is 263 g/mol. The maximum Gasteiger partial charge on any atom is 0.0540 e. The zero-order chi connectivity index (χ0) is 14.3. The molecule has 19 heavy (non-hydrogen) atoms. The van der Waals surface area contributed by atoms with Gasteiger partial charge in [0.1, 0.15) is 0 Å². The molecule has 3 heteroatoms. The first kappa shape index (κ1) is 14.6. The first-order valence-corrected chi connectivity index (χ1v) is 7.46. The second kappa shape index (κ2) is 4.93. The molecule has 1 atom stereocenters. The second-order valence-corrected chi connectivity index (χ2v) is 7.88. The Morgan fingerprint density at radius 3 is 2.63 bits per heavy atom. The van der Waals surface area contributed by atoms with Crippen LogP contribution in [0.5, 0.6) is 0 Å². The Labute approximate surface area is 117 Å². The summed E-state index contributed by atoms with van der Waals surface area (Å²) in [6.45, 7) is 11.6. The molecule has 0 saturated heterocycles. The van der Waals surface area contributed by atoms with Gasteiger partial charge in [0.2, 0.25) is 0 Å². The molecule has 0 spiro atoms. The minimum absolute atomic E-state index is 0.160. The van der Waals surface area contributed by atoms with E-state index in [1.165, 1.54) is 36.9 Å². The van der Waals surface area contributed by atoms with E-state index in [0.717, 1.165) is 0 Å². The Morgan fingerprint density at radius 2 is 2.00 bits per heavy atom. The van der Waals surface area contributed by atoms with Gasteiger partial charge in [-0.3, -0.25) is 4.68 Å². The fourth-order valence-electron chi connectivity index (χ4n) is 3.70. The van der Waals surface area contributed by atoms with Gasteiger partial charge in [0.05, 0.1) is 6.20 Å². The largest absolute Gasteiger partial charge is 0.305 e. The van der Waals surface area contributed by atoms with Crippen LogP contribution in [0.3, 0.4) is 0 Å². The number of nitrogens with one attached hydrogen (secondary N) is 1. The summed E-state index contributed by atoms with van der Waals surface area (Å²) in [7, 11) is 2.06. The molecular formula is C16H29N3. The summed E-state index contributed by atoms with van der Waals surface area (Å²) in [6.07, 6.45) is 6.89. The maximum atomic E-state index is 4.43. The quantitative estimate of drug-likeness (QED) is 0.903. The van der Waals surface area contributed by atoms with E-state index in [1.807, 2.05) is 4.68 Å². The molecule has 0 amide bonds. The van der Waals surface area contributed by atoms with E-state index in [0.29, 0.717) is 11.5 Å². The maximum absolute atomic E-state index is 4.43. The molecule has 1 aromatic heterocycles. The van der Waals surface area contributed by atoms with Crippen LogP contribution < -0.4 is 5.32 Å². The predicted molar refractivity (Wildman–Crippen MR) is 80.2 cm³/mol. The van der Waals surface area contributed by atoms with Crippen molar-refractivity contribution in [1.29, 1.82) is 0 Å².